The van der Waals surface area contributed by atoms with Gasteiger partial charge < -0.3 is 37.2 Å². The standard InChI is InChI=1S/C39H51Si.3ClH.Ti/c1-8-15-16-35-17-18-36(28-35)40(37-22-29(9-2)19-30(10-3)23-37,38-24-31(11-4)20-32(12-5)25-38)39-26-33(13-6)21-34(14-7)27-39;;;;/h17-28H,8-16H2,1-7H3;3*1H;/q-1;;;;+4/p-3. The van der Waals surface area contributed by atoms with Crippen LogP contribution in [0.2, 0.25) is 0 Å². The van der Waals surface area contributed by atoms with Crippen LogP contribution >= 0.6 is 0 Å². The van der Waals surface area contributed by atoms with Gasteiger partial charge in [-0.05, 0) is 71.9 Å². The molecule has 0 aromatic heterocycles. The maximum atomic E-state index is 2.60. The van der Waals surface area contributed by atoms with E-state index < -0.39 is 8.07 Å². The molecule has 0 bridgehead atoms. The van der Waals surface area contributed by atoms with Crippen molar-refractivity contribution in [2.24, 2.45) is 0 Å². The molecule has 0 aliphatic heterocycles. The summed E-state index contributed by atoms with van der Waals surface area (Å²) >= 11 is 0. The maximum Gasteiger partial charge on any atom is 4.00 e. The molecule has 0 saturated heterocycles. The number of rotatable bonds is 13. The number of halogens is 3. The quantitative estimate of drug-likeness (QED) is 0.0907. The second-order valence-electron chi connectivity index (χ2n) is 11.6. The zero-order valence-corrected chi connectivity index (χ0v) is 32.8. The predicted molar refractivity (Wildman–Crippen MR) is 181 cm³/mol. The molecule has 236 valence electrons. The van der Waals surface area contributed by atoms with Gasteiger partial charge in [0, 0.05) is 0 Å². The minimum absolute atomic E-state index is 0. The molecule has 0 unspecified atom stereocenters. The van der Waals surface area contributed by atoms with E-state index in [4.69, 9.17) is 0 Å². The molecule has 0 fully saturated rings. The van der Waals surface area contributed by atoms with Gasteiger partial charge in [-0.2, -0.15) is 17.7 Å². The monoisotopic (exact) mass is 700 g/mol. The fourth-order valence-corrected chi connectivity index (χ4v) is 11.6. The van der Waals surface area contributed by atoms with Crippen LogP contribution in [0.5, 0.6) is 0 Å². The van der Waals surface area contributed by atoms with Crippen LogP contribution in [-0.4, -0.2) is 8.07 Å². The Morgan fingerprint density at radius 2 is 0.795 bits per heavy atom. The third-order valence-electron chi connectivity index (χ3n) is 8.98. The Balaban J connectivity index is 0.00000462. The van der Waals surface area contributed by atoms with Crippen molar-refractivity contribution < 1.29 is 58.9 Å². The average molecular weight is 702 g/mol. The van der Waals surface area contributed by atoms with Gasteiger partial charge in [-0.1, -0.05) is 138 Å². The van der Waals surface area contributed by atoms with Gasteiger partial charge in [0.2, 0.25) is 0 Å². The minimum Gasteiger partial charge on any atom is -1.00 e. The Morgan fingerprint density at radius 3 is 1.07 bits per heavy atom. The summed E-state index contributed by atoms with van der Waals surface area (Å²) in [7, 11) is -2.60. The van der Waals surface area contributed by atoms with Crippen LogP contribution < -0.4 is 58.0 Å². The summed E-state index contributed by atoms with van der Waals surface area (Å²) in [4.78, 5) is 0. The van der Waals surface area contributed by atoms with Crippen LogP contribution in [-0.2, 0) is 66.7 Å². The Morgan fingerprint density at radius 1 is 0.477 bits per heavy atom. The Labute approximate surface area is 303 Å². The smallest absolute Gasteiger partial charge is 1.00 e. The van der Waals surface area contributed by atoms with Crippen molar-refractivity contribution in [1.82, 2.24) is 0 Å². The Bertz CT molecular complexity index is 1220. The molecular weight excluding hydrogens is 651 g/mol. The fourth-order valence-electron chi connectivity index (χ4n) is 6.42. The van der Waals surface area contributed by atoms with Gasteiger partial charge >= 0.3 is 21.7 Å². The van der Waals surface area contributed by atoms with Crippen LogP contribution in [0.15, 0.2) is 72.8 Å². The maximum absolute atomic E-state index is 2.60. The second kappa shape index (κ2) is 20.1. The molecule has 4 rings (SSSR count). The molecule has 4 aromatic rings. The molecule has 0 amide bonds. The summed E-state index contributed by atoms with van der Waals surface area (Å²) in [5.41, 5.74) is 10.3. The van der Waals surface area contributed by atoms with Gasteiger partial charge in [-0.3, -0.25) is 0 Å². The summed E-state index contributed by atoms with van der Waals surface area (Å²) in [6.07, 6.45) is 10.1. The van der Waals surface area contributed by atoms with Crippen molar-refractivity contribution in [3.05, 3.63) is 112 Å². The molecule has 0 nitrogen and oxygen atoms in total. The van der Waals surface area contributed by atoms with Crippen molar-refractivity contribution in [2.75, 3.05) is 0 Å². The summed E-state index contributed by atoms with van der Waals surface area (Å²) in [6, 6.07) is 30.4. The van der Waals surface area contributed by atoms with Crippen molar-refractivity contribution in [3.63, 3.8) is 0 Å². The number of benzene rings is 3. The first-order valence-corrected chi connectivity index (χ1v) is 18.1. The van der Waals surface area contributed by atoms with Gasteiger partial charge in [0.25, 0.3) is 0 Å². The summed E-state index contributed by atoms with van der Waals surface area (Å²) < 4.78 is 0. The largest absolute Gasteiger partial charge is 4.00 e. The van der Waals surface area contributed by atoms with Crippen molar-refractivity contribution in [2.45, 2.75) is 106 Å². The average Bonchev–Trinajstić information content (AvgIpc) is 3.48. The molecule has 0 saturated carbocycles. The van der Waals surface area contributed by atoms with Crippen molar-refractivity contribution >= 4 is 28.8 Å². The molecular formula is C39H51Cl3SiTi. The molecule has 0 N–H and O–H groups in total. The van der Waals surface area contributed by atoms with Crippen LogP contribution in [0, 0.1) is 0 Å². The summed E-state index contributed by atoms with van der Waals surface area (Å²) in [5, 5.41) is 6.23. The van der Waals surface area contributed by atoms with Crippen LogP contribution in [0.3, 0.4) is 0 Å². The predicted octanol–water partition coefficient (Wildman–Crippen LogP) is -1.49. The zero-order valence-electron chi connectivity index (χ0n) is 27.9. The molecule has 44 heavy (non-hydrogen) atoms. The molecule has 0 atom stereocenters. The summed E-state index contributed by atoms with van der Waals surface area (Å²) in [6.45, 7) is 16.2. The Kier molecular flexibility index (Phi) is 19.6. The van der Waals surface area contributed by atoms with Crippen molar-refractivity contribution in [3.8, 4) is 0 Å². The van der Waals surface area contributed by atoms with E-state index in [0.29, 0.717) is 0 Å². The zero-order chi connectivity index (χ0) is 28.7. The van der Waals surface area contributed by atoms with E-state index in [1.165, 1.54) is 58.2 Å². The number of hydrogen-bond acceptors (Lipinski definition) is 0. The topological polar surface area (TPSA) is 0 Å². The molecule has 0 spiro atoms. The first-order valence-electron chi connectivity index (χ1n) is 16.1. The van der Waals surface area contributed by atoms with Gasteiger partial charge in [-0.15, -0.1) is 5.19 Å². The third-order valence-corrected chi connectivity index (χ3v) is 13.6. The van der Waals surface area contributed by atoms with E-state index >= 15 is 0 Å². The van der Waals surface area contributed by atoms with E-state index in [0.717, 1.165) is 38.5 Å². The van der Waals surface area contributed by atoms with Gasteiger partial charge in [0.05, 0.1) is 0 Å². The van der Waals surface area contributed by atoms with Gasteiger partial charge in [-0.25, -0.2) is 6.07 Å². The minimum atomic E-state index is -2.60. The van der Waals surface area contributed by atoms with Crippen molar-refractivity contribution in [1.29, 1.82) is 0 Å². The molecule has 0 aliphatic carbocycles. The number of hydrogen-bond donors (Lipinski definition) is 0. The normalized spacial score (nSPS) is 10.7. The Hall–Kier alpha value is -1.19. The SMILES string of the molecule is CCCCc1cc[c-]([Si](c2cc(CC)cc(CC)c2)(c2cc(CC)cc(CC)c2)c2cc(CC)cc(CC)c2)c1.[Cl-].[Cl-].[Cl-].[Ti+4]. The molecule has 4 aromatic carbocycles. The van der Waals surface area contributed by atoms with E-state index in [1.54, 1.807) is 20.7 Å². The van der Waals surface area contributed by atoms with E-state index in [9.17, 15) is 0 Å². The second-order valence-corrected chi connectivity index (χ2v) is 15.4. The third kappa shape index (κ3) is 9.21. The first-order chi connectivity index (χ1) is 19.4. The molecule has 0 radical (unpaired) electrons. The van der Waals surface area contributed by atoms with Crippen LogP contribution in [0.1, 0.15) is 100 Å². The number of aryl methyl sites for hydroxylation is 7. The fraction of sp³-hybridized carbons (Fsp3) is 0.410. The van der Waals surface area contributed by atoms with E-state index in [1.807, 2.05) is 0 Å². The first kappa shape index (κ1) is 42.8. The van der Waals surface area contributed by atoms with Gasteiger partial charge in [0.15, 0.2) is 0 Å². The molecule has 0 heterocycles. The summed E-state index contributed by atoms with van der Waals surface area (Å²) in [5.74, 6) is 0. The van der Waals surface area contributed by atoms with E-state index in [-0.39, 0.29) is 58.9 Å². The van der Waals surface area contributed by atoms with Crippen LogP contribution in [0.4, 0.5) is 0 Å². The van der Waals surface area contributed by atoms with Gasteiger partial charge in [0.1, 0.15) is 8.07 Å². The molecule has 0 aliphatic rings. The van der Waals surface area contributed by atoms with Crippen LogP contribution in [0.25, 0.3) is 0 Å². The van der Waals surface area contributed by atoms with E-state index in [2.05, 4.69) is 121 Å². The number of unbranched alkanes of at least 4 members (excludes halogenated alkanes) is 1. The molecule has 5 heteroatoms.